The van der Waals surface area contributed by atoms with E-state index in [1.165, 1.54) is 19.2 Å². The molecular formula is C9H8ClFO2. The van der Waals surface area contributed by atoms with Crippen LogP contribution < -0.4 is 0 Å². The molecule has 0 fully saturated rings. The molecule has 13 heavy (non-hydrogen) atoms. The molecule has 0 aliphatic carbocycles. The van der Waals surface area contributed by atoms with E-state index >= 15 is 0 Å². The SMILES string of the molecule is COC(=O)c1ccc(C)c(F)c1Cl. The second kappa shape index (κ2) is 3.75. The van der Waals surface area contributed by atoms with Crippen LogP contribution in [0.3, 0.4) is 0 Å². The average Bonchev–Trinajstić information content (AvgIpc) is 2.13. The molecule has 0 saturated carbocycles. The Labute approximate surface area is 80.3 Å². The maximum absolute atomic E-state index is 13.1. The van der Waals surface area contributed by atoms with Gasteiger partial charge in [0.15, 0.2) is 0 Å². The van der Waals surface area contributed by atoms with Gasteiger partial charge < -0.3 is 4.74 Å². The van der Waals surface area contributed by atoms with Gasteiger partial charge in [0.05, 0.1) is 17.7 Å². The first-order chi connectivity index (χ1) is 6.07. The molecule has 0 aliphatic heterocycles. The van der Waals surface area contributed by atoms with E-state index in [4.69, 9.17) is 11.6 Å². The predicted octanol–water partition coefficient (Wildman–Crippen LogP) is 2.57. The Bertz CT molecular complexity index is 350. The van der Waals surface area contributed by atoms with Crippen molar-refractivity contribution in [3.8, 4) is 0 Å². The molecule has 0 unspecified atom stereocenters. The molecule has 0 aliphatic rings. The number of hydrogen-bond donors (Lipinski definition) is 0. The molecule has 0 aromatic heterocycles. The van der Waals surface area contributed by atoms with Crippen LogP contribution in [0.1, 0.15) is 15.9 Å². The van der Waals surface area contributed by atoms with E-state index in [1.807, 2.05) is 0 Å². The van der Waals surface area contributed by atoms with Crippen molar-refractivity contribution in [2.75, 3.05) is 7.11 Å². The minimum atomic E-state index is -0.635. The molecule has 0 atom stereocenters. The van der Waals surface area contributed by atoms with Crippen molar-refractivity contribution >= 4 is 17.6 Å². The van der Waals surface area contributed by atoms with Crippen molar-refractivity contribution in [3.05, 3.63) is 34.1 Å². The first-order valence-electron chi connectivity index (χ1n) is 3.61. The molecule has 1 aromatic rings. The summed E-state index contributed by atoms with van der Waals surface area (Å²) in [5, 5.41) is -0.188. The fourth-order valence-electron chi connectivity index (χ4n) is 0.914. The number of aryl methyl sites for hydroxylation is 1. The Kier molecular flexibility index (Phi) is 2.88. The lowest BCUT2D eigenvalue weighted by molar-refractivity contribution is 0.0600. The van der Waals surface area contributed by atoms with Crippen molar-refractivity contribution < 1.29 is 13.9 Å². The fourth-order valence-corrected chi connectivity index (χ4v) is 1.20. The minimum absolute atomic E-state index is 0.0484. The Balaban J connectivity index is 3.26. The van der Waals surface area contributed by atoms with Gasteiger partial charge in [-0.3, -0.25) is 0 Å². The zero-order valence-electron chi connectivity index (χ0n) is 7.23. The number of carbonyl (C=O) groups excluding carboxylic acids is 1. The van der Waals surface area contributed by atoms with Crippen LogP contribution in [0.15, 0.2) is 12.1 Å². The molecule has 70 valence electrons. The van der Waals surface area contributed by atoms with Crippen LogP contribution in [-0.2, 0) is 4.74 Å². The van der Waals surface area contributed by atoms with Crippen molar-refractivity contribution in [2.45, 2.75) is 6.92 Å². The number of halogens is 2. The molecule has 1 rings (SSSR count). The summed E-state index contributed by atoms with van der Waals surface area (Å²) in [5.41, 5.74) is 0.449. The van der Waals surface area contributed by atoms with Crippen molar-refractivity contribution in [1.82, 2.24) is 0 Å². The summed E-state index contributed by atoms with van der Waals surface area (Å²) < 4.78 is 17.6. The predicted molar refractivity (Wildman–Crippen MR) is 47.5 cm³/mol. The standard InChI is InChI=1S/C9H8ClFO2/c1-5-3-4-6(9(12)13-2)7(10)8(5)11/h3-4H,1-2H3. The van der Waals surface area contributed by atoms with E-state index in [0.717, 1.165) is 0 Å². The maximum atomic E-state index is 13.1. The summed E-state index contributed by atoms with van der Waals surface area (Å²) in [7, 11) is 1.22. The van der Waals surface area contributed by atoms with Crippen LogP contribution >= 0.6 is 11.6 Å². The van der Waals surface area contributed by atoms with Crippen LogP contribution in [0, 0.1) is 12.7 Å². The van der Waals surface area contributed by atoms with Gasteiger partial charge in [-0.1, -0.05) is 17.7 Å². The Morgan fingerprint density at radius 1 is 1.54 bits per heavy atom. The van der Waals surface area contributed by atoms with Crippen molar-refractivity contribution in [1.29, 1.82) is 0 Å². The molecule has 0 radical (unpaired) electrons. The molecular weight excluding hydrogens is 195 g/mol. The van der Waals surface area contributed by atoms with Crippen LogP contribution in [0.2, 0.25) is 5.02 Å². The molecule has 2 nitrogen and oxygen atoms in total. The molecule has 0 N–H and O–H groups in total. The second-order valence-corrected chi connectivity index (χ2v) is 2.93. The van der Waals surface area contributed by atoms with E-state index in [-0.39, 0.29) is 10.6 Å². The summed E-state index contributed by atoms with van der Waals surface area (Å²) in [4.78, 5) is 11.0. The Morgan fingerprint density at radius 2 is 2.15 bits per heavy atom. The van der Waals surface area contributed by atoms with Gasteiger partial charge in [-0.05, 0) is 18.6 Å². The van der Waals surface area contributed by atoms with E-state index in [1.54, 1.807) is 6.92 Å². The third-order valence-electron chi connectivity index (χ3n) is 1.68. The van der Waals surface area contributed by atoms with Gasteiger partial charge in [0.2, 0.25) is 0 Å². The molecule has 0 heterocycles. The summed E-state index contributed by atoms with van der Waals surface area (Å²) in [6, 6.07) is 2.92. The summed E-state index contributed by atoms with van der Waals surface area (Å²) in [6.45, 7) is 1.57. The van der Waals surface area contributed by atoms with E-state index in [0.29, 0.717) is 5.56 Å². The number of rotatable bonds is 1. The smallest absolute Gasteiger partial charge is 0.339 e. The maximum Gasteiger partial charge on any atom is 0.339 e. The topological polar surface area (TPSA) is 26.3 Å². The van der Waals surface area contributed by atoms with Gasteiger partial charge in [0.1, 0.15) is 5.82 Å². The zero-order chi connectivity index (χ0) is 10.0. The van der Waals surface area contributed by atoms with Crippen LogP contribution in [-0.4, -0.2) is 13.1 Å². The fraction of sp³-hybridized carbons (Fsp3) is 0.222. The van der Waals surface area contributed by atoms with E-state index < -0.39 is 11.8 Å². The number of hydrogen-bond acceptors (Lipinski definition) is 2. The number of ether oxygens (including phenoxy) is 1. The number of carbonyl (C=O) groups is 1. The van der Waals surface area contributed by atoms with E-state index in [9.17, 15) is 9.18 Å². The van der Waals surface area contributed by atoms with Gasteiger partial charge in [0.25, 0.3) is 0 Å². The number of esters is 1. The molecule has 0 amide bonds. The lowest BCUT2D eigenvalue weighted by Gasteiger charge is -2.04. The Morgan fingerprint density at radius 3 is 2.69 bits per heavy atom. The third kappa shape index (κ3) is 1.80. The normalized spacial score (nSPS) is 9.85. The number of benzene rings is 1. The lowest BCUT2D eigenvalue weighted by Crippen LogP contribution is -2.03. The highest BCUT2D eigenvalue weighted by Gasteiger charge is 2.15. The van der Waals surface area contributed by atoms with E-state index in [2.05, 4.69) is 4.74 Å². The van der Waals surface area contributed by atoms with Gasteiger partial charge in [0, 0.05) is 0 Å². The van der Waals surface area contributed by atoms with Crippen LogP contribution in [0.5, 0.6) is 0 Å². The second-order valence-electron chi connectivity index (χ2n) is 2.55. The highest BCUT2D eigenvalue weighted by atomic mass is 35.5. The molecule has 4 heteroatoms. The molecule has 0 saturated heterocycles. The van der Waals surface area contributed by atoms with Crippen LogP contribution in [0.4, 0.5) is 4.39 Å². The average molecular weight is 203 g/mol. The summed E-state index contributed by atoms with van der Waals surface area (Å²) in [6.07, 6.45) is 0. The molecule has 1 aromatic carbocycles. The minimum Gasteiger partial charge on any atom is -0.465 e. The summed E-state index contributed by atoms with van der Waals surface area (Å²) >= 11 is 5.60. The number of methoxy groups -OCH3 is 1. The van der Waals surface area contributed by atoms with Gasteiger partial charge in [-0.25, -0.2) is 9.18 Å². The first-order valence-corrected chi connectivity index (χ1v) is 3.98. The summed E-state index contributed by atoms with van der Waals surface area (Å²) in [5.74, 6) is -1.21. The monoisotopic (exact) mass is 202 g/mol. The third-order valence-corrected chi connectivity index (χ3v) is 2.05. The first kappa shape index (κ1) is 9.99. The Hall–Kier alpha value is -1.09. The van der Waals surface area contributed by atoms with Gasteiger partial charge in [-0.2, -0.15) is 0 Å². The lowest BCUT2D eigenvalue weighted by atomic mass is 10.1. The molecule has 0 bridgehead atoms. The van der Waals surface area contributed by atoms with Gasteiger partial charge in [-0.15, -0.1) is 0 Å². The van der Waals surface area contributed by atoms with Crippen molar-refractivity contribution in [3.63, 3.8) is 0 Å². The van der Waals surface area contributed by atoms with Gasteiger partial charge >= 0.3 is 5.97 Å². The highest BCUT2D eigenvalue weighted by Crippen LogP contribution is 2.23. The quantitative estimate of drug-likeness (QED) is 0.655. The van der Waals surface area contributed by atoms with Crippen LogP contribution in [0.25, 0.3) is 0 Å². The zero-order valence-corrected chi connectivity index (χ0v) is 7.98. The largest absolute Gasteiger partial charge is 0.465 e. The molecule has 0 spiro atoms. The highest BCUT2D eigenvalue weighted by molar-refractivity contribution is 6.33. The van der Waals surface area contributed by atoms with Crippen molar-refractivity contribution in [2.24, 2.45) is 0 Å².